The van der Waals surface area contributed by atoms with Crippen LogP contribution in [-0.2, 0) is 21.7 Å². The number of nitrogens with one attached hydrogen (secondary N) is 1. The molecule has 1 N–H and O–H groups in total. The number of halogens is 2. The van der Waals surface area contributed by atoms with Gasteiger partial charge in [0.05, 0.1) is 5.52 Å². The zero-order valence-corrected chi connectivity index (χ0v) is 29.9. The monoisotopic (exact) mass is 665 g/mol. The van der Waals surface area contributed by atoms with Gasteiger partial charge in [0.2, 0.25) is 5.91 Å². The number of nitrogens with zero attached hydrogens (tertiary/aromatic N) is 6. The van der Waals surface area contributed by atoms with E-state index in [1.807, 2.05) is 65.1 Å². The molecule has 2 aromatic heterocycles. The number of benzene rings is 2. The summed E-state index contributed by atoms with van der Waals surface area (Å²) in [7, 11) is 2.68. The first kappa shape index (κ1) is 35.6. The Bertz CT molecular complexity index is 1820. The fourth-order valence-corrected chi connectivity index (χ4v) is 5.55. The summed E-state index contributed by atoms with van der Waals surface area (Å²) in [6.45, 7) is 12.8. The Kier molecular flexibility index (Phi) is 10.2. The number of aryl methyl sites for hydroxylation is 1. The topological polar surface area (TPSA) is 105 Å². The molecule has 0 aliphatic rings. The fourth-order valence-electron chi connectivity index (χ4n) is 4.58. The molecule has 0 bridgehead atoms. The Morgan fingerprint density at radius 2 is 1.74 bits per heavy atom. The second-order valence-electron chi connectivity index (χ2n) is 13.6. The van der Waals surface area contributed by atoms with Crippen molar-refractivity contribution in [1.29, 1.82) is 0 Å². The van der Waals surface area contributed by atoms with E-state index in [1.54, 1.807) is 45.1 Å². The molecule has 2 heterocycles. The number of rotatable bonds is 11. The maximum Gasteiger partial charge on any atom is 0.294 e. The zero-order chi connectivity index (χ0) is 34.9. The molecular formula is C34H45F2N7O3Si. The van der Waals surface area contributed by atoms with Crippen LogP contribution < -0.4 is 15.8 Å². The molecule has 10 nitrogen and oxygen atoms in total. The van der Waals surface area contributed by atoms with Gasteiger partial charge >= 0.3 is 0 Å². The highest BCUT2D eigenvalue weighted by Gasteiger charge is 2.41. The van der Waals surface area contributed by atoms with Gasteiger partial charge in [-0.3, -0.25) is 9.59 Å². The quantitative estimate of drug-likeness (QED) is 0.178. The molecule has 0 spiro atoms. The third-order valence-corrected chi connectivity index (χ3v) is 13.2. The molecule has 0 saturated heterocycles. The lowest BCUT2D eigenvalue weighted by atomic mass is 10.0. The van der Waals surface area contributed by atoms with Gasteiger partial charge in [-0.05, 0) is 67.9 Å². The number of hydrogen-bond donors (Lipinski definition) is 1. The highest BCUT2D eigenvalue weighted by molar-refractivity contribution is 6.74. The third kappa shape index (κ3) is 8.20. The SMILES string of the molecule is Cc1nc(N[C@H](C)c2cccc(C(F)(F)CO[Si](C)(C)C(C)(C)C)c2)c2cc(N(C)c3ccc(=O)n(CC(=O)N(C)C)n3)ccc2n1. The molecule has 47 heavy (non-hydrogen) atoms. The van der Waals surface area contributed by atoms with E-state index >= 15 is 8.78 Å². The van der Waals surface area contributed by atoms with Gasteiger partial charge < -0.3 is 19.5 Å². The molecule has 252 valence electrons. The largest absolute Gasteiger partial charge is 0.410 e. The van der Waals surface area contributed by atoms with Crippen LogP contribution in [0.15, 0.2) is 59.4 Å². The van der Waals surface area contributed by atoms with E-state index in [0.29, 0.717) is 33.9 Å². The molecular weight excluding hydrogens is 621 g/mol. The van der Waals surface area contributed by atoms with Crippen LogP contribution >= 0.6 is 0 Å². The second-order valence-corrected chi connectivity index (χ2v) is 18.4. The summed E-state index contributed by atoms with van der Waals surface area (Å²) >= 11 is 0. The summed E-state index contributed by atoms with van der Waals surface area (Å²) in [5, 5.41) is 8.36. The molecule has 0 radical (unpaired) electrons. The Morgan fingerprint density at radius 1 is 1.04 bits per heavy atom. The van der Waals surface area contributed by atoms with Crippen LogP contribution in [-0.4, -0.2) is 66.6 Å². The van der Waals surface area contributed by atoms with Gasteiger partial charge in [-0.25, -0.2) is 14.6 Å². The van der Waals surface area contributed by atoms with Crippen LogP contribution in [0.2, 0.25) is 18.1 Å². The predicted octanol–water partition coefficient (Wildman–Crippen LogP) is 6.64. The first-order chi connectivity index (χ1) is 21.8. The fraction of sp³-hybridized carbons (Fsp3) is 0.441. The van der Waals surface area contributed by atoms with Crippen molar-refractivity contribution in [2.75, 3.05) is 38.0 Å². The summed E-state index contributed by atoms with van der Waals surface area (Å²) < 4.78 is 37.9. The standard InChI is InChI=1S/C34H45F2N7O3Si/c1-22(24-12-11-13-25(18-24)34(35,36)21-46-47(9,10)33(3,4)5)37-32-27-19-26(14-15-28(27)38-23(2)39-32)42(8)29-16-17-30(44)43(40-29)20-31(45)41(6)7/h11-19,22H,20-21H2,1-10H3,(H,37,38,39)/t22-/m1/s1. The molecule has 2 aromatic carbocycles. The number of alkyl halides is 2. The number of anilines is 3. The predicted molar refractivity (Wildman–Crippen MR) is 185 cm³/mol. The molecule has 13 heteroatoms. The molecule has 0 fully saturated rings. The van der Waals surface area contributed by atoms with Gasteiger partial charge in [0.1, 0.15) is 24.8 Å². The average molecular weight is 666 g/mol. The van der Waals surface area contributed by atoms with Crippen molar-refractivity contribution < 1.29 is 18.0 Å². The summed E-state index contributed by atoms with van der Waals surface area (Å²) in [4.78, 5) is 37.1. The molecule has 4 rings (SSSR count). The van der Waals surface area contributed by atoms with E-state index in [0.717, 1.165) is 10.4 Å². The summed E-state index contributed by atoms with van der Waals surface area (Å²) in [6, 6.07) is 14.6. The molecule has 0 aliphatic heterocycles. The first-order valence-corrected chi connectivity index (χ1v) is 18.4. The maximum absolute atomic E-state index is 15.4. The van der Waals surface area contributed by atoms with Gasteiger partial charge in [-0.1, -0.05) is 39.0 Å². The van der Waals surface area contributed by atoms with E-state index < -0.39 is 20.8 Å². The molecule has 0 saturated carbocycles. The number of hydrogen-bond acceptors (Lipinski definition) is 8. The van der Waals surface area contributed by atoms with Gasteiger partial charge in [-0.15, -0.1) is 0 Å². The van der Waals surface area contributed by atoms with Crippen LogP contribution in [0.5, 0.6) is 0 Å². The van der Waals surface area contributed by atoms with Gasteiger partial charge in [0, 0.05) is 49.9 Å². The van der Waals surface area contributed by atoms with Crippen LogP contribution in [0.3, 0.4) is 0 Å². The van der Waals surface area contributed by atoms with Crippen LogP contribution in [0.1, 0.15) is 50.7 Å². The molecule has 0 unspecified atom stereocenters. The number of carbonyl (C=O) groups is 1. The average Bonchev–Trinajstić information content (AvgIpc) is 3.00. The van der Waals surface area contributed by atoms with Crippen molar-refractivity contribution in [3.05, 3.63) is 81.9 Å². The lowest BCUT2D eigenvalue weighted by Crippen LogP contribution is -2.43. The van der Waals surface area contributed by atoms with Crippen LogP contribution in [0, 0.1) is 6.92 Å². The molecule has 4 aromatic rings. The minimum Gasteiger partial charge on any atom is -0.410 e. The number of aromatic nitrogens is 4. The van der Waals surface area contributed by atoms with Crippen molar-refractivity contribution >= 4 is 42.5 Å². The van der Waals surface area contributed by atoms with Crippen molar-refractivity contribution in [2.24, 2.45) is 0 Å². The van der Waals surface area contributed by atoms with E-state index in [-0.39, 0.29) is 34.7 Å². The zero-order valence-electron chi connectivity index (χ0n) is 28.9. The van der Waals surface area contributed by atoms with Crippen molar-refractivity contribution in [2.45, 2.75) is 71.3 Å². The van der Waals surface area contributed by atoms with Gasteiger partial charge in [-0.2, -0.15) is 13.9 Å². The molecule has 1 amide bonds. The third-order valence-electron chi connectivity index (χ3n) is 8.74. The normalized spacial score (nSPS) is 13.0. The van der Waals surface area contributed by atoms with Crippen LogP contribution in [0.4, 0.5) is 26.1 Å². The highest BCUT2D eigenvalue weighted by Crippen LogP contribution is 2.39. The summed E-state index contributed by atoms with van der Waals surface area (Å²) in [6.07, 6.45) is 0. The van der Waals surface area contributed by atoms with E-state index in [9.17, 15) is 9.59 Å². The lowest BCUT2D eigenvalue weighted by Gasteiger charge is -2.37. The Hall–Kier alpha value is -4.23. The summed E-state index contributed by atoms with van der Waals surface area (Å²) in [5.74, 6) is -1.85. The van der Waals surface area contributed by atoms with Crippen molar-refractivity contribution in [3.8, 4) is 0 Å². The lowest BCUT2D eigenvalue weighted by molar-refractivity contribution is -0.129. The second kappa shape index (κ2) is 13.5. The van der Waals surface area contributed by atoms with Crippen molar-refractivity contribution in [3.63, 3.8) is 0 Å². The smallest absolute Gasteiger partial charge is 0.294 e. The summed E-state index contributed by atoms with van der Waals surface area (Å²) in [5.41, 5.74) is 1.62. The highest BCUT2D eigenvalue weighted by atomic mass is 28.4. The Morgan fingerprint density at radius 3 is 2.40 bits per heavy atom. The van der Waals surface area contributed by atoms with E-state index in [2.05, 4.69) is 20.4 Å². The maximum atomic E-state index is 15.4. The van der Waals surface area contributed by atoms with Gasteiger partial charge in [0.25, 0.3) is 11.5 Å². The number of likely N-dealkylation sites (N-methyl/N-ethyl adjacent to an activating group) is 1. The molecule has 0 aliphatic carbocycles. The number of fused-ring (bicyclic) bond motifs is 1. The molecule has 1 atom stereocenters. The number of amides is 1. The Balaban J connectivity index is 1.61. The number of carbonyl (C=O) groups excluding carboxylic acids is 1. The minimum absolute atomic E-state index is 0.101. The van der Waals surface area contributed by atoms with Crippen molar-refractivity contribution in [1.82, 2.24) is 24.6 Å². The van der Waals surface area contributed by atoms with Crippen LogP contribution in [0.25, 0.3) is 10.9 Å². The van der Waals surface area contributed by atoms with Gasteiger partial charge in [0.15, 0.2) is 14.1 Å². The van der Waals surface area contributed by atoms with E-state index in [4.69, 9.17) is 4.43 Å². The minimum atomic E-state index is -3.15. The Labute approximate surface area is 275 Å². The van der Waals surface area contributed by atoms with E-state index in [1.165, 1.54) is 23.1 Å². The first-order valence-electron chi connectivity index (χ1n) is 15.5.